The van der Waals surface area contributed by atoms with Gasteiger partial charge in [-0.25, -0.2) is 19.2 Å². The Balaban J connectivity index is 1.37. The van der Waals surface area contributed by atoms with E-state index in [2.05, 4.69) is 17.2 Å². The van der Waals surface area contributed by atoms with Crippen molar-refractivity contribution in [2.45, 2.75) is 51.0 Å². The average molecular weight is 706 g/mol. The van der Waals surface area contributed by atoms with Crippen molar-refractivity contribution in [2.24, 2.45) is 0 Å². The Labute approximate surface area is 293 Å². The van der Waals surface area contributed by atoms with Gasteiger partial charge in [0.2, 0.25) is 0 Å². The molecule has 2 atom stereocenters. The number of nitrogens with one attached hydrogen (secondary N) is 2. The van der Waals surface area contributed by atoms with Crippen molar-refractivity contribution in [3.8, 4) is 11.1 Å². The van der Waals surface area contributed by atoms with Crippen molar-refractivity contribution in [3.63, 3.8) is 0 Å². The largest absolute Gasteiger partial charge is 0.460 e. The van der Waals surface area contributed by atoms with Gasteiger partial charge in [0.1, 0.15) is 37.5 Å². The van der Waals surface area contributed by atoms with Crippen LogP contribution in [-0.4, -0.2) is 71.5 Å². The van der Waals surface area contributed by atoms with Crippen LogP contribution in [-0.2, 0) is 35.1 Å². The van der Waals surface area contributed by atoms with E-state index >= 15 is 0 Å². The lowest BCUT2D eigenvalue weighted by Crippen LogP contribution is -2.47. The second-order valence-electron chi connectivity index (χ2n) is 12.2. The van der Waals surface area contributed by atoms with Crippen LogP contribution in [0.1, 0.15) is 43.4 Å². The Hall–Kier alpha value is -5.37. The quantitative estimate of drug-likeness (QED) is 0.0634. The molecule has 2 amide bonds. The first-order valence-electron chi connectivity index (χ1n) is 15.7. The van der Waals surface area contributed by atoms with Crippen LogP contribution < -0.4 is 10.6 Å². The fraction of sp³-hybridized carbons (Fsp3) is 0.333. The molecular formula is C36H39N3O10S. The third kappa shape index (κ3) is 10.6. The fourth-order valence-corrected chi connectivity index (χ4v) is 6.13. The molecule has 3 aromatic rings. The number of hydrogen-bond acceptors (Lipinski definition) is 11. The molecule has 13 nitrogen and oxygen atoms in total. The van der Waals surface area contributed by atoms with Crippen molar-refractivity contribution >= 4 is 41.6 Å². The number of alkyl carbamates (subject to hydrolysis) is 2. The molecule has 0 saturated heterocycles. The summed E-state index contributed by atoms with van der Waals surface area (Å²) in [5, 5.41) is 15.9. The highest BCUT2D eigenvalue weighted by molar-refractivity contribution is 7.99. The van der Waals surface area contributed by atoms with Gasteiger partial charge < -0.3 is 29.6 Å². The van der Waals surface area contributed by atoms with Gasteiger partial charge >= 0.3 is 24.1 Å². The Morgan fingerprint density at radius 3 is 1.92 bits per heavy atom. The van der Waals surface area contributed by atoms with Gasteiger partial charge in [-0.2, -0.15) is 11.8 Å². The number of hydrogen-bond donors (Lipinski definition) is 2. The number of carbonyl (C=O) groups is 4. The zero-order valence-electron chi connectivity index (χ0n) is 27.9. The van der Waals surface area contributed by atoms with E-state index in [4.69, 9.17) is 18.9 Å². The minimum Gasteiger partial charge on any atom is -0.460 e. The number of nitro groups is 1. The van der Waals surface area contributed by atoms with Crippen molar-refractivity contribution in [3.05, 3.63) is 112 Å². The zero-order chi connectivity index (χ0) is 36.3. The third-order valence-electron chi connectivity index (χ3n) is 7.33. The molecule has 0 spiro atoms. The smallest absolute Gasteiger partial charge is 0.408 e. The minimum atomic E-state index is -1.20. The predicted molar refractivity (Wildman–Crippen MR) is 187 cm³/mol. The highest BCUT2D eigenvalue weighted by Crippen LogP contribution is 2.44. The van der Waals surface area contributed by atoms with Gasteiger partial charge in [-0.15, -0.1) is 0 Å². The number of benzene rings is 3. The summed E-state index contributed by atoms with van der Waals surface area (Å²) in [7, 11) is 0. The van der Waals surface area contributed by atoms with Gasteiger partial charge in [0.25, 0.3) is 5.69 Å². The normalized spacial score (nSPS) is 13.1. The van der Waals surface area contributed by atoms with Crippen LogP contribution >= 0.6 is 11.8 Å². The van der Waals surface area contributed by atoms with Crippen LogP contribution in [0.5, 0.6) is 0 Å². The van der Waals surface area contributed by atoms with Crippen molar-refractivity contribution in [2.75, 3.05) is 24.7 Å². The molecule has 0 unspecified atom stereocenters. The van der Waals surface area contributed by atoms with Gasteiger partial charge in [-0.3, -0.25) is 10.1 Å². The van der Waals surface area contributed by atoms with Crippen LogP contribution in [0.4, 0.5) is 15.3 Å². The molecule has 1 aliphatic rings. The van der Waals surface area contributed by atoms with Crippen LogP contribution in [0.25, 0.3) is 11.1 Å². The molecule has 2 N–H and O–H groups in total. The molecule has 0 heterocycles. The summed E-state index contributed by atoms with van der Waals surface area (Å²) in [5.74, 6) is -1.77. The molecule has 0 radical (unpaired) electrons. The number of fused-ring (bicyclic) bond motifs is 3. The standard InChI is InChI=1S/C36H39N3O10S/c1-5-18-46-32(40)30(37-34(42)47-19-23-14-16-24(17-15-23)39(44)45)21-50-22-31(33(41)49-36(2,3)4)38-35(43)48-20-29-27-12-8-6-10-25(27)26-11-7-9-13-28(26)29/h5-17,29-31H,1,18-22H2,2-4H3,(H,37,42)(H,38,43)/t30-,31-/m0/s1. The van der Waals surface area contributed by atoms with E-state index in [1.807, 2.05) is 48.5 Å². The Kier molecular flexibility index (Phi) is 13.0. The van der Waals surface area contributed by atoms with E-state index in [1.54, 1.807) is 20.8 Å². The number of ether oxygens (including phenoxy) is 4. The van der Waals surface area contributed by atoms with Gasteiger partial charge in [0, 0.05) is 29.6 Å². The number of amides is 2. The number of rotatable bonds is 15. The topological polar surface area (TPSA) is 172 Å². The van der Waals surface area contributed by atoms with E-state index in [-0.39, 0.29) is 42.9 Å². The van der Waals surface area contributed by atoms with Gasteiger partial charge in [0.15, 0.2) is 0 Å². The maximum Gasteiger partial charge on any atom is 0.408 e. The Bertz CT molecular complexity index is 1660. The second-order valence-corrected chi connectivity index (χ2v) is 13.3. The summed E-state index contributed by atoms with van der Waals surface area (Å²) in [6.07, 6.45) is -0.394. The molecule has 0 saturated carbocycles. The summed E-state index contributed by atoms with van der Waals surface area (Å²) < 4.78 is 21.5. The highest BCUT2D eigenvalue weighted by Gasteiger charge is 2.32. The Morgan fingerprint density at radius 1 is 0.840 bits per heavy atom. The summed E-state index contributed by atoms with van der Waals surface area (Å²) in [6.45, 7) is 8.32. The molecule has 3 aromatic carbocycles. The first-order valence-corrected chi connectivity index (χ1v) is 16.9. The first-order chi connectivity index (χ1) is 23.9. The highest BCUT2D eigenvalue weighted by atomic mass is 32.2. The van der Waals surface area contributed by atoms with E-state index in [1.165, 1.54) is 30.3 Å². The van der Waals surface area contributed by atoms with Crippen LogP contribution in [0.3, 0.4) is 0 Å². The molecule has 264 valence electrons. The molecule has 0 aromatic heterocycles. The molecule has 14 heteroatoms. The third-order valence-corrected chi connectivity index (χ3v) is 8.47. The van der Waals surface area contributed by atoms with Gasteiger partial charge in [-0.05, 0) is 60.7 Å². The van der Waals surface area contributed by atoms with Crippen LogP contribution in [0.15, 0.2) is 85.5 Å². The lowest BCUT2D eigenvalue weighted by molar-refractivity contribution is -0.384. The summed E-state index contributed by atoms with van der Waals surface area (Å²) >= 11 is 1.08. The summed E-state index contributed by atoms with van der Waals surface area (Å²) in [4.78, 5) is 61.9. The lowest BCUT2D eigenvalue weighted by atomic mass is 9.98. The summed E-state index contributed by atoms with van der Waals surface area (Å²) in [6, 6.07) is 18.9. The van der Waals surface area contributed by atoms with Crippen LogP contribution in [0.2, 0.25) is 0 Å². The number of carbonyl (C=O) groups excluding carboxylic acids is 4. The van der Waals surface area contributed by atoms with Crippen molar-refractivity contribution < 1.29 is 43.0 Å². The van der Waals surface area contributed by atoms with Gasteiger partial charge in [-0.1, -0.05) is 61.2 Å². The second kappa shape index (κ2) is 17.3. The van der Waals surface area contributed by atoms with E-state index in [9.17, 15) is 29.3 Å². The molecule has 0 fully saturated rings. The maximum absolute atomic E-state index is 13.2. The molecule has 0 bridgehead atoms. The average Bonchev–Trinajstić information content (AvgIpc) is 3.40. The van der Waals surface area contributed by atoms with E-state index in [0.29, 0.717) is 5.56 Å². The number of thioether (sulfide) groups is 1. The molecule has 50 heavy (non-hydrogen) atoms. The molecule has 1 aliphatic carbocycles. The van der Waals surface area contributed by atoms with Crippen molar-refractivity contribution in [1.82, 2.24) is 10.6 Å². The molecule has 4 rings (SSSR count). The first kappa shape index (κ1) is 37.4. The predicted octanol–water partition coefficient (Wildman–Crippen LogP) is 5.90. The lowest BCUT2D eigenvalue weighted by Gasteiger charge is -2.25. The summed E-state index contributed by atoms with van der Waals surface area (Å²) in [5.41, 5.74) is 3.75. The number of nitrogens with zero attached hydrogens (tertiary/aromatic N) is 1. The Morgan fingerprint density at radius 2 is 1.38 bits per heavy atom. The van der Waals surface area contributed by atoms with Crippen molar-refractivity contribution in [1.29, 1.82) is 0 Å². The minimum absolute atomic E-state index is 0.0378. The van der Waals surface area contributed by atoms with Gasteiger partial charge in [0.05, 0.1) is 4.92 Å². The van der Waals surface area contributed by atoms with E-state index < -0.39 is 46.7 Å². The number of esters is 2. The van der Waals surface area contributed by atoms with Crippen LogP contribution in [0, 0.1) is 10.1 Å². The SMILES string of the molecule is C=CCOC(=O)[C@H](CSC[C@H](NC(=O)OCC1c2ccccc2-c2ccccc21)C(=O)OC(C)(C)C)NC(=O)OCc1ccc([N+](=O)[O-])cc1. The monoisotopic (exact) mass is 705 g/mol. The fourth-order valence-electron chi connectivity index (χ4n) is 5.08. The molecular weight excluding hydrogens is 666 g/mol. The number of nitro benzene ring substituents is 1. The zero-order valence-corrected chi connectivity index (χ0v) is 28.7. The maximum atomic E-state index is 13.2. The number of non-ortho nitro benzene ring substituents is 1. The molecule has 0 aliphatic heterocycles. The van der Waals surface area contributed by atoms with E-state index in [0.717, 1.165) is 34.0 Å².